The lowest BCUT2D eigenvalue weighted by Crippen LogP contribution is -2.08. The number of aromatic nitrogens is 2. The maximum atomic E-state index is 12.9. The third-order valence-corrected chi connectivity index (χ3v) is 4.07. The highest BCUT2D eigenvalue weighted by Crippen LogP contribution is 2.34. The number of nitrogen functional groups attached to an aromatic ring is 1. The Kier molecular flexibility index (Phi) is 3.72. The molecule has 1 aromatic carbocycles. The van der Waals surface area contributed by atoms with E-state index in [2.05, 4.69) is 5.10 Å². The number of benzene rings is 1. The van der Waals surface area contributed by atoms with Gasteiger partial charge in [0.05, 0.1) is 17.9 Å². The standard InChI is InChI=1S/C16H20FN3/c17-14-8-6-12(7-9-14)10-20-11-15(18)16(19-20)13-4-2-1-3-5-13/h6-9,11,13H,1-5,10,18H2. The highest BCUT2D eigenvalue weighted by atomic mass is 19.1. The molecule has 1 fully saturated rings. The Hall–Kier alpha value is -1.84. The van der Waals surface area contributed by atoms with Crippen molar-refractivity contribution in [1.82, 2.24) is 9.78 Å². The molecule has 1 heterocycles. The Balaban J connectivity index is 1.76. The van der Waals surface area contributed by atoms with Gasteiger partial charge in [0.2, 0.25) is 0 Å². The lowest BCUT2D eigenvalue weighted by Gasteiger charge is -2.20. The molecule has 1 aromatic heterocycles. The minimum Gasteiger partial charge on any atom is -0.396 e. The molecule has 0 amide bonds. The van der Waals surface area contributed by atoms with Gasteiger partial charge in [-0.25, -0.2) is 4.39 Å². The molecule has 0 aliphatic heterocycles. The third-order valence-electron chi connectivity index (χ3n) is 4.07. The Labute approximate surface area is 118 Å². The summed E-state index contributed by atoms with van der Waals surface area (Å²) in [4.78, 5) is 0. The van der Waals surface area contributed by atoms with Crippen LogP contribution in [-0.2, 0) is 6.54 Å². The van der Waals surface area contributed by atoms with E-state index in [1.54, 1.807) is 12.1 Å². The molecule has 1 aliphatic carbocycles. The molecule has 0 radical (unpaired) electrons. The molecular weight excluding hydrogens is 253 g/mol. The van der Waals surface area contributed by atoms with E-state index in [1.807, 2.05) is 10.9 Å². The topological polar surface area (TPSA) is 43.8 Å². The SMILES string of the molecule is Nc1cn(Cc2ccc(F)cc2)nc1C1CCCCC1. The molecule has 0 spiro atoms. The van der Waals surface area contributed by atoms with Crippen LogP contribution in [0.4, 0.5) is 10.1 Å². The number of nitrogens with zero attached hydrogens (tertiary/aromatic N) is 2. The van der Waals surface area contributed by atoms with Crippen LogP contribution in [0.3, 0.4) is 0 Å². The maximum Gasteiger partial charge on any atom is 0.123 e. The third kappa shape index (κ3) is 2.84. The molecule has 106 valence electrons. The predicted molar refractivity (Wildman–Crippen MR) is 78.0 cm³/mol. The molecule has 0 saturated heterocycles. The van der Waals surface area contributed by atoms with Crippen LogP contribution < -0.4 is 5.73 Å². The summed E-state index contributed by atoms with van der Waals surface area (Å²) in [5.74, 6) is 0.301. The van der Waals surface area contributed by atoms with E-state index in [0.717, 1.165) is 16.9 Å². The van der Waals surface area contributed by atoms with Gasteiger partial charge in [-0.2, -0.15) is 5.10 Å². The second-order valence-electron chi connectivity index (χ2n) is 5.63. The van der Waals surface area contributed by atoms with Crippen molar-refractivity contribution < 1.29 is 4.39 Å². The van der Waals surface area contributed by atoms with Crippen LogP contribution in [-0.4, -0.2) is 9.78 Å². The zero-order chi connectivity index (χ0) is 13.9. The molecule has 1 saturated carbocycles. The fourth-order valence-electron chi connectivity index (χ4n) is 3.00. The van der Waals surface area contributed by atoms with Gasteiger partial charge in [-0.1, -0.05) is 31.4 Å². The fourth-order valence-corrected chi connectivity index (χ4v) is 3.00. The largest absolute Gasteiger partial charge is 0.396 e. The summed E-state index contributed by atoms with van der Waals surface area (Å²) in [7, 11) is 0. The van der Waals surface area contributed by atoms with Crippen LogP contribution in [0.2, 0.25) is 0 Å². The first-order chi connectivity index (χ1) is 9.72. The second-order valence-corrected chi connectivity index (χ2v) is 5.63. The van der Waals surface area contributed by atoms with Gasteiger partial charge in [-0.15, -0.1) is 0 Å². The van der Waals surface area contributed by atoms with Crippen molar-refractivity contribution in [3.8, 4) is 0 Å². The Morgan fingerprint density at radius 3 is 2.55 bits per heavy atom. The first-order valence-electron chi connectivity index (χ1n) is 7.29. The van der Waals surface area contributed by atoms with Gasteiger partial charge in [0.15, 0.2) is 0 Å². The summed E-state index contributed by atoms with van der Waals surface area (Å²) in [5.41, 5.74) is 8.98. The normalized spacial score (nSPS) is 16.4. The number of anilines is 1. The quantitative estimate of drug-likeness (QED) is 0.926. The molecule has 1 aliphatic rings. The lowest BCUT2D eigenvalue weighted by atomic mass is 9.86. The average molecular weight is 273 g/mol. The van der Waals surface area contributed by atoms with E-state index in [9.17, 15) is 4.39 Å². The van der Waals surface area contributed by atoms with Crippen LogP contribution in [0.5, 0.6) is 0 Å². The molecule has 0 unspecified atom stereocenters. The van der Waals surface area contributed by atoms with E-state index in [0.29, 0.717) is 12.5 Å². The van der Waals surface area contributed by atoms with Crippen molar-refractivity contribution in [2.75, 3.05) is 5.73 Å². The van der Waals surface area contributed by atoms with Crippen molar-refractivity contribution in [2.45, 2.75) is 44.6 Å². The smallest absolute Gasteiger partial charge is 0.123 e. The van der Waals surface area contributed by atoms with Gasteiger partial charge >= 0.3 is 0 Å². The molecule has 0 atom stereocenters. The summed E-state index contributed by atoms with van der Waals surface area (Å²) in [6.45, 7) is 0.636. The van der Waals surface area contributed by atoms with E-state index in [4.69, 9.17) is 5.73 Å². The number of nitrogens with two attached hydrogens (primary N) is 1. The van der Waals surface area contributed by atoms with Gasteiger partial charge in [0.25, 0.3) is 0 Å². The second kappa shape index (κ2) is 5.65. The van der Waals surface area contributed by atoms with Crippen molar-refractivity contribution in [1.29, 1.82) is 0 Å². The first-order valence-corrected chi connectivity index (χ1v) is 7.29. The van der Waals surface area contributed by atoms with Crippen molar-refractivity contribution in [2.24, 2.45) is 0 Å². The van der Waals surface area contributed by atoms with E-state index >= 15 is 0 Å². The number of hydrogen-bond donors (Lipinski definition) is 1. The number of rotatable bonds is 3. The highest BCUT2D eigenvalue weighted by Gasteiger charge is 2.20. The minimum atomic E-state index is -0.211. The molecule has 2 N–H and O–H groups in total. The van der Waals surface area contributed by atoms with Crippen molar-refractivity contribution in [3.63, 3.8) is 0 Å². The van der Waals surface area contributed by atoms with Crippen LogP contribution >= 0.6 is 0 Å². The van der Waals surface area contributed by atoms with E-state index < -0.39 is 0 Å². The Morgan fingerprint density at radius 2 is 1.85 bits per heavy atom. The summed E-state index contributed by atoms with van der Waals surface area (Å²) in [5, 5.41) is 4.65. The van der Waals surface area contributed by atoms with E-state index in [1.165, 1.54) is 44.2 Å². The first kappa shape index (κ1) is 13.2. The maximum absolute atomic E-state index is 12.9. The zero-order valence-corrected chi connectivity index (χ0v) is 11.6. The van der Waals surface area contributed by atoms with Crippen LogP contribution in [0, 0.1) is 5.82 Å². The van der Waals surface area contributed by atoms with Gasteiger partial charge < -0.3 is 5.73 Å². The minimum absolute atomic E-state index is 0.211. The van der Waals surface area contributed by atoms with Crippen molar-refractivity contribution >= 4 is 5.69 Å². The summed E-state index contributed by atoms with van der Waals surface area (Å²) >= 11 is 0. The highest BCUT2D eigenvalue weighted by molar-refractivity contribution is 5.43. The number of hydrogen-bond acceptors (Lipinski definition) is 2. The average Bonchev–Trinajstić information content (AvgIpc) is 2.83. The Bertz CT molecular complexity index is 568. The van der Waals surface area contributed by atoms with Crippen LogP contribution in [0.1, 0.15) is 49.3 Å². The lowest BCUT2D eigenvalue weighted by molar-refractivity contribution is 0.433. The molecule has 20 heavy (non-hydrogen) atoms. The summed E-state index contributed by atoms with van der Waals surface area (Å²) in [6.07, 6.45) is 8.15. The van der Waals surface area contributed by atoms with Crippen LogP contribution in [0.15, 0.2) is 30.5 Å². The Morgan fingerprint density at radius 1 is 1.15 bits per heavy atom. The summed E-state index contributed by atoms with van der Waals surface area (Å²) < 4.78 is 14.8. The molecular formula is C16H20FN3. The van der Waals surface area contributed by atoms with Crippen LogP contribution in [0.25, 0.3) is 0 Å². The molecule has 3 nitrogen and oxygen atoms in total. The van der Waals surface area contributed by atoms with Crippen molar-refractivity contribution in [3.05, 3.63) is 47.5 Å². The van der Waals surface area contributed by atoms with E-state index in [-0.39, 0.29) is 5.82 Å². The summed E-state index contributed by atoms with van der Waals surface area (Å²) in [6, 6.07) is 6.52. The fraction of sp³-hybridized carbons (Fsp3) is 0.438. The number of halogens is 1. The molecule has 3 rings (SSSR count). The zero-order valence-electron chi connectivity index (χ0n) is 11.6. The van der Waals surface area contributed by atoms with Gasteiger partial charge in [0, 0.05) is 12.1 Å². The van der Waals surface area contributed by atoms with Gasteiger partial charge in [-0.3, -0.25) is 4.68 Å². The van der Waals surface area contributed by atoms with Gasteiger partial charge in [-0.05, 0) is 30.5 Å². The predicted octanol–water partition coefficient (Wildman–Crippen LogP) is 3.70. The monoisotopic (exact) mass is 273 g/mol. The molecule has 0 bridgehead atoms. The molecule has 4 heteroatoms. The molecule has 2 aromatic rings. The van der Waals surface area contributed by atoms with Gasteiger partial charge in [0.1, 0.15) is 5.82 Å².